The lowest BCUT2D eigenvalue weighted by atomic mass is 9.92. The Balaban J connectivity index is 1.63. The molecule has 182 valence electrons. The van der Waals surface area contributed by atoms with Crippen LogP contribution in [-0.4, -0.2) is 13.2 Å². The standard InChI is InChI=1S/C32H42O2/c1-5-7-9-11-21-33-29-17-13-27(14-18-29)31-23-26(4)32(24-25(31)3)28-15-19-30(20-16-28)34-22-12-10-8-6-2/h13-20,23-24H,5-12,21-22H2,1-4H3. The highest BCUT2D eigenvalue weighted by Gasteiger charge is 2.09. The highest BCUT2D eigenvalue weighted by Crippen LogP contribution is 2.33. The second-order valence-electron chi connectivity index (χ2n) is 9.35. The maximum Gasteiger partial charge on any atom is 0.119 e. The number of unbranched alkanes of at least 4 members (excludes halogenated alkanes) is 6. The molecule has 0 saturated heterocycles. The molecule has 3 rings (SSSR count). The molecule has 0 aliphatic rings. The molecule has 3 aromatic rings. The number of aryl methyl sites for hydroxylation is 2. The Bertz CT molecular complexity index is 904. The van der Waals surface area contributed by atoms with E-state index >= 15 is 0 Å². The molecular weight excluding hydrogens is 416 g/mol. The molecule has 0 radical (unpaired) electrons. The molecule has 0 aliphatic carbocycles. The zero-order valence-electron chi connectivity index (χ0n) is 21.7. The van der Waals surface area contributed by atoms with Gasteiger partial charge in [-0.25, -0.2) is 0 Å². The molecule has 0 heterocycles. The van der Waals surface area contributed by atoms with E-state index in [1.54, 1.807) is 0 Å². The summed E-state index contributed by atoms with van der Waals surface area (Å²) in [5.41, 5.74) is 7.59. The third-order valence-electron chi connectivity index (χ3n) is 6.44. The minimum Gasteiger partial charge on any atom is -0.494 e. The fourth-order valence-electron chi connectivity index (χ4n) is 4.34. The molecular formula is C32H42O2. The first-order valence-corrected chi connectivity index (χ1v) is 13.2. The Morgan fingerprint density at radius 1 is 0.500 bits per heavy atom. The van der Waals surface area contributed by atoms with E-state index in [1.807, 2.05) is 0 Å². The molecule has 0 bridgehead atoms. The number of hydrogen-bond acceptors (Lipinski definition) is 2. The lowest BCUT2D eigenvalue weighted by molar-refractivity contribution is 0.305. The van der Waals surface area contributed by atoms with Crippen molar-refractivity contribution in [2.75, 3.05) is 13.2 Å². The second kappa shape index (κ2) is 13.8. The lowest BCUT2D eigenvalue weighted by Gasteiger charge is -2.14. The summed E-state index contributed by atoms with van der Waals surface area (Å²) < 4.78 is 11.8. The third kappa shape index (κ3) is 7.65. The van der Waals surface area contributed by atoms with Gasteiger partial charge in [0, 0.05) is 0 Å². The normalized spacial score (nSPS) is 10.9. The van der Waals surface area contributed by atoms with Gasteiger partial charge in [-0.2, -0.15) is 0 Å². The zero-order valence-corrected chi connectivity index (χ0v) is 21.7. The summed E-state index contributed by atoms with van der Waals surface area (Å²) in [5, 5.41) is 0. The quantitative estimate of drug-likeness (QED) is 0.224. The molecule has 2 heteroatoms. The monoisotopic (exact) mass is 458 g/mol. The van der Waals surface area contributed by atoms with Gasteiger partial charge in [0.1, 0.15) is 11.5 Å². The van der Waals surface area contributed by atoms with Crippen molar-refractivity contribution in [1.82, 2.24) is 0 Å². The van der Waals surface area contributed by atoms with Crippen molar-refractivity contribution in [3.05, 3.63) is 71.8 Å². The van der Waals surface area contributed by atoms with Gasteiger partial charge in [-0.3, -0.25) is 0 Å². The number of hydrogen-bond donors (Lipinski definition) is 0. The van der Waals surface area contributed by atoms with Gasteiger partial charge in [0.05, 0.1) is 13.2 Å². The van der Waals surface area contributed by atoms with Crippen LogP contribution in [0.2, 0.25) is 0 Å². The van der Waals surface area contributed by atoms with E-state index in [9.17, 15) is 0 Å². The topological polar surface area (TPSA) is 18.5 Å². The van der Waals surface area contributed by atoms with Crippen LogP contribution in [0, 0.1) is 13.8 Å². The Kier molecular flexibility index (Phi) is 10.5. The van der Waals surface area contributed by atoms with Gasteiger partial charge in [0.2, 0.25) is 0 Å². The first kappa shape index (κ1) is 25.9. The van der Waals surface area contributed by atoms with Crippen LogP contribution in [0.25, 0.3) is 22.3 Å². The van der Waals surface area contributed by atoms with E-state index in [-0.39, 0.29) is 0 Å². The van der Waals surface area contributed by atoms with Crippen LogP contribution in [0.3, 0.4) is 0 Å². The van der Waals surface area contributed by atoms with Gasteiger partial charge in [0.15, 0.2) is 0 Å². The Morgan fingerprint density at radius 2 is 0.882 bits per heavy atom. The largest absolute Gasteiger partial charge is 0.494 e. The molecule has 0 spiro atoms. The zero-order chi connectivity index (χ0) is 24.2. The van der Waals surface area contributed by atoms with Crippen LogP contribution < -0.4 is 9.47 Å². The van der Waals surface area contributed by atoms with Gasteiger partial charge >= 0.3 is 0 Å². The summed E-state index contributed by atoms with van der Waals surface area (Å²) in [7, 11) is 0. The smallest absolute Gasteiger partial charge is 0.119 e. The fourth-order valence-corrected chi connectivity index (χ4v) is 4.34. The van der Waals surface area contributed by atoms with Crippen LogP contribution in [0.4, 0.5) is 0 Å². The summed E-state index contributed by atoms with van der Waals surface area (Å²) >= 11 is 0. The highest BCUT2D eigenvalue weighted by atomic mass is 16.5. The Morgan fingerprint density at radius 3 is 1.24 bits per heavy atom. The van der Waals surface area contributed by atoms with E-state index in [0.29, 0.717) is 0 Å². The van der Waals surface area contributed by atoms with Crippen molar-refractivity contribution in [3.8, 4) is 33.8 Å². The molecule has 0 aliphatic heterocycles. The first-order valence-electron chi connectivity index (χ1n) is 13.2. The molecule has 2 nitrogen and oxygen atoms in total. The van der Waals surface area contributed by atoms with E-state index in [1.165, 1.54) is 71.9 Å². The van der Waals surface area contributed by atoms with Crippen molar-refractivity contribution in [1.29, 1.82) is 0 Å². The molecule has 0 N–H and O–H groups in total. The van der Waals surface area contributed by atoms with Crippen molar-refractivity contribution in [2.24, 2.45) is 0 Å². The Hall–Kier alpha value is -2.74. The maximum atomic E-state index is 5.92. The fraction of sp³-hybridized carbons (Fsp3) is 0.438. The summed E-state index contributed by atoms with van der Waals surface area (Å²) in [4.78, 5) is 0. The van der Waals surface area contributed by atoms with E-state index in [2.05, 4.69) is 88.4 Å². The van der Waals surface area contributed by atoms with Crippen molar-refractivity contribution in [3.63, 3.8) is 0 Å². The van der Waals surface area contributed by atoms with Gasteiger partial charge in [0.25, 0.3) is 0 Å². The SMILES string of the molecule is CCCCCCOc1ccc(-c2cc(C)c(-c3ccc(OCCCCCC)cc3)cc2C)cc1. The van der Waals surface area contributed by atoms with Gasteiger partial charge < -0.3 is 9.47 Å². The van der Waals surface area contributed by atoms with Gasteiger partial charge in [-0.05, 0) is 84.3 Å². The summed E-state index contributed by atoms with van der Waals surface area (Å²) in [6.07, 6.45) is 9.82. The number of ether oxygens (including phenoxy) is 2. The minimum absolute atomic E-state index is 0.800. The van der Waals surface area contributed by atoms with Crippen molar-refractivity contribution in [2.45, 2.75) is 79.1 Å². The molecule has 0 unspecified atom stereocenters. The van der Waals surface area contributed by atoms with Crippen LogP contribution in [0.5, 0.6) is 11.5 Å². The van der Waals surface area contributed by atoms with Gasteiger partial charge in [-0.15, -0.1) is 0 Å². The van der Waals surface area contributed by atoms with E-state index < -0.39 is 0 Å². The maximum absolute atomic E-state index is 5.92. The van der Waals surface area contributed by atoms with Crippen molar-refractivity contribution < 1.29 is 9.47 Å². The molecule has 3 aromatic carbocycles. The molecule has 34 heavy (non-hydrogen) atoms. The first-order chi connectivity index (χ1) is 16.6. The van der Waals surface area contributed by atoms with Crippen LogP contribution in [0.15, 0.2) is 60.7 Å². The highest BCUT2D eigenvalue weighted by molar-refractivity contribution is 5.76. The number of rotatable bonds is 14. The van der Waals surface area contributed by atoms with Gasteiger partial charge in [-0.1, -0.05) is 88.8 Å². The third-order valence-corrected chi connectivity index (χ3v) is 6.44. The van der Waals surface area contributed by atoms with E-state index in [0.717, 1.165) is 37.6 Å². The van der Waals surface area contributed by atoms with Crippen molar-refractivity contribution >= 4 is 0 Å². The molecule has 0 amide bonds. The predicted octanol–water partition coefficient (Wildman–Crippen LogP) is 9.56. The molecule has 0 aromatic heterocycles. The average molecular weight is 459 g/mol. The van der Waals surface area contributed by atoms with Crippen LogP contribution in [-0.2, 0) is 0 Å². The number of benzene rings is 3. The average Bonchev–Trinajstić information content (AvgIpc) is 2.86. The predicted molar refractivity (Wildman–Crippen MR) is 146 cm³/mol. The van der Waals surface area contributed by atoms with Crippen LogP contribution in [0.1, 0.15) is 76.3 Å². The van der Waals surface area contributed by atoms with Crippen LogP contribution >= 0.6 is 0 Å². The lowest BCUT2D eigenvalue weighted by Crippen LogP contribution is -1.97. The molecule has 0 fully saturated rings. The summed E-state index contributed by atoms with van der Waals surface area (Å²) in [5.74, 6) is 1.91. The second-order valence-corrected chi connectivity index (χ2v) is 9.35. The minimum atomic E-state index is 0.800. The molecule has 0 atom stereocenters. The summed E-state index contributed by atoms with van der Waals surface area (Å²) in [6.45, 7) is 10.5. The Labute approximate surface area is 207 Å². The summed E-state index contributed by atoms with van der Waals surface area (Å²) in [6, 6.07) is 21.7. The molecule has 0 saturated carbocycles. The van der Waals surface area contributed by atoms with E-state index in [4.69, 9.17) is 9.47 Å².